The number of halogens is 1. The molecule has 1 aromatic heterocycles. The van der Waals surface area contributed by atoms with Gasteiger partial charge in [-0.1, -0.05) is 24.6 Å². The van der Waals surface area contributed by atoms with Gasteiger partial charge in [-0.15, -0.1) is 0 Å². The Morgan fingerprint density at radius 3 is 2.57 bits per heavy atom. The minimum atomic E-state index is 0.635. The Kier molecular flexibility index (Phi) is 4.98. The summed E-state index contributed by atoms with van der Waals surface area (Å²) in [5, 5.41) is 4.00. The van der Waals surface area contributed by atoms with Crippen LogP contribution in [0.2, 0.25) is 5.02 Å². The molecule has 0 bridgehead atoms. The maximum Gasteiger partial charge on any atom is 0.148 e. The van der Waals surface area contributed by atoms with E-state index < -0.39 is 0 Å². The lowest BCUT2D eigenvalue weighted by Crippen LogP contribution is -2.14. The molecule has 112 valence electrons. The summed E-state index contributed by atoms with van der Waals surface area (Å²) in [5.74, 6) is 7.68. The van der Waals surface area contributed by atoms with Gasteiger partial charge in [-0.2, -0.15) is 0 Å². The number of benzene rings is 1. The van der Waals surface area contributed by atoms with Crippen LogP contribution in [0.15, 0.2) is 18.2 Å². The summed E-state index contributed by atoms with van der Waals surface area (Å²) in [6, 6.07) is 5.72. The molecular weight excluding hydrogens is 286 g/mol. The molecule has 1 aromatic carbocycles. The minimum Gasteiger partial charge on any atom is -0.340 e. The zero-order valence-electron chi connectivity index (χ0n) is 12.5. The van der Waals surface area contributed by atoms with Crippen LogP contribution in [-0.4, -0.2) is 9.97 Å². The molecular formula is C15H20ClN5. The summed E-state index contributed by atoms with van der Waals surface area (Å²) in [4.78, 5) is 8.99. The van der Waals surface area contributed by atoms with Crippen molar-refractivity contribution in [3.8, 4) is 0 Å². The quantitative estimate of drug-likeness (QED) is 0.579. The van der Waals surface area contributed by atoms with E-state index in [1.54, 1.807) is 0 Å². The smallest absolute Gasteiger partial charge is 0.148 e. The number of hydrazine groups is 1. The minimum absolute atomic E-state index is 0.635. The van der Waals surface area contributed by atoms with Crippen molar-refractivity contribution in [3.05, 3.63) is 40.2 Å². The maximum absolute atomic E-state index is 6.06. The number of rotatable bonds is 5. The van der Waals surface area contributed by atoms with Crippen LogP contribution in [0.4, 0.5) is 17.3 Å². The number of aryl methyl sites for hydroxylation is 2. The molecule has 0 aliphatic heterocycles. The number of nitrogen functional groups attached to an aromatic ring is 1. The third-order valence-electron chi connectivity index (χ3n) is 3.26. The topological polar surface area (TPSA) is 75.9 Å². The van der Waals surface area contributed by atoms with Crippen molar-refractivity contribution in [2.45, 2.75) is 33.6 Å². The van der Waals surface area contributed by atoms with E-state index >= 15 is 0 Å². The number of hydrogen-bond donors (Lipinski definition) is 3. The van der Waals surface area contributed by atoms with E-state index in [2.05, 4.69) is 27.6 Å². The molecule has 5 nitrogen and oxygen atoms in total. The number of nitrogens with two attached hydrogens (primary N) is 1. The fourth-order valence-corrected chi connectivity index (χ4v) is 2.19. The molecule has 1 heterocycles. The number of nitrogens with one attached hydrogen (secondary N) is 2. The van der Waals surface area contributed by atoms with Gasteiger partial charge >= 0.3 is 0 Å². The highest BCUT2D eigenvalue weighted by molar-refractivity contribution is 6.30. The van der Waals surface area contributed by atoms with Crippen molar-refractivity contribution in [2.75, 3.05) is 10.7 Å². The normalized spacial score (nSPS) is 10.5. The molecule has 0 atom stereocenters. The highest BCUT2D eigenvalue weighted by atomic mass is 35.5. The van der Waals surface area contributed by atoms with E-state index in [1.165, 1.54) is 0 Å². The van der Waals surface area contributed by atoms with Crippen LogP contribution in [0.25, 0.3) is 0 Å². The fourth-order valence-electron chi connectivity index (χ4n) is 2.02. The molecule has 4 N–H and O–H groups in total. The molecule has 0 unspecified atom stereocenters. The Bertz CT molecular complexity index is 642. The summed E-state index contributed by atoms with van der Waals surface area (Å²) in [5.41, 5.74) is 5.52. The van der Waals surface area contributed by atoms with E-state index in [-0.39, 0.29) is 0 Å². The number of nitrogens with zero attached hydrogens (tertiary/aromatic N) is 2. The average Bonchev–Trinajstić information content (AvgIpc) is 2.46. The molecule has 0 aliphatic carbocycles. The molecule has 0 saturated heterocycles. The third kappa shape index (κ3) is 3.62. The van der Waals surface area contributed by atoms with E-state index in [1.807, 2.05) is 32.0 Å². The lowest BCUT2D eigenvalue weighted by molar-refractivity contribution is 0.833. The highest BCUT2D eigenvalue weighted by Crippen LogP contribution is 2.27. The highest BCUT2D eigenvalue weighted by Gasteiger charge is 2.11. The van der Waals surface area contributed by atoms with Gasteiger partial charge in [-0.05, 0) is 38.0 Å². The van der Waals surface area contributed by atoms with Crippen molar-refractivity contribution >= 4 is 28.9 Å². The lowest BCUT2D eigenvalue weighted by atomic mass is 10.2. The van der Waals surface area contributed by atoms with Crippen LogP contribution in [-0.2, 0) is 6.42 Å². The van der Waals surface area contributed by atoms with E-state index in [4.69, 9.17) is 17.4 Å². The Balaban J connectivity index is 2.42. The second-order valence-corrected chi connectivity index (χ2v) is 5.38. The van der Waals surface area contributed by atoms with Gasteiger partial charge in [0.15, 0.2) is 0 Å². The molecule has 2 aromatic rings. The van der Waals surface area contributed by atoms with Crippen molar-refractivity contribution in [1.82, 2.24) is 9.97 Å². The van der Waals surface area contributed by atoms with Crippen molar-refractivity contribution in [1.29, 1.82) is 0 Å². The first-order valence-electron chi connectivity index (χ1n) is 6.92. The van der Waals surface area contributed by atoms with E-state index in [0.717, 1.165) is 41.3 Å². The second-order valence-electron chi connectivity index (χ2n) is 4.94. The van der Waals surface area contributed by atoms with Gasteiger partial charge in [0.05, 0.1) is 0 Å². The molecule has 0 aliphatic rings. The summed E-state index contributed by atoms with van der Waals surface area (Å²) in [6.07, 6.45) is 1.78. The number of hydrogen-bond acceptors (Lipinski definition) is 5. The Morgan fingerprint density at radius 1 is 1.19 bits per heavy atom. The van der Waals surface area contributed by atoms with Crippen LogP contribution in [0.1, 0.15) is 30.3 Å². The predicted molar refractivity (Wildman–Crippen MR) is 88.0 cm³/mol. The van der Waals surface area contributed by atoms with Crippen LogP contribution >= 0.6 is 11.6 Å². The zero-order chi connectivity index (χ0) is 15.4. The van der Waals surface area contributed by atoms with Gasteiger partial charge in [-0.25, -0.2) is 15.8 Å². The van der Waals surface area contributed by atoms with E-state index in [0.29, 0.717) is 10.8 Å². The van der Waals surface area contributed by atoms with Crippen LogP contribution in [0.3, 0.4) is 0 Å². The zero-order valence-corrected chi connectivity index (χ0v) is 13.3. The fraction of sp³-hybridized carbons (Fsp3) is 0.333. The predicted octanol–water partition coefficient (Wildman–Crippen LogP) is 3.73. The van der Waals surface area contributed by atoms with Gasteiger partial charge in [0.25, 0.3) is 0 Å². The van der Waals surface area contributed by atoms with Gasteiger partial charge in [0.1, 0.15) is 17.5 Å². The molecule has 0 amide bonds. The molecule has 0 fully saturated rings. The van der Waals surface area contributed by atoms with Crippen molar-refractivity contribution in [3.63, 3.8) is 0 Å². The third-order valence-corrected chi connectivity index (χ3v) is 3.49. The molecule has 0 radical (unpaired) electrons. The SMILES string of the molecule is CCCc1nc(NN)c(C)c(Nc2cc(Cl)ccc2C)n1. The summed E-state index contributed by atoms with van der Waals surface area (Å²) < 4.78 is 0. The Hall–Kier alpha value is -1.85. The standard InChI is InChI=1S/C15H20ClN5/c1-4-5-13-19-14(10(3)15(20-13)21-17)18-12-8-11(16)7-6-9(12)2/h6-8H,4-5,17H2,1-3H3,(H2,18,19,20,21). The Labute approximate surface area is 129 Å². The van der Waals surface area contributed by atoms with Crippen molar-refractivity contribution < 1.29 is 0 Å². The molecule has 2 rings (SSSR count). The van der Waals surface area contributed by atoms with E-state index in [9.17, 15) is 0 Å². The van der Waals surface area contributed by atoms with Gasteiger partial charge in [0, 0.05) is 22.7 Å². The number of anilines is 3. The first-order chi connectivity index (χ1) is 10.0. The van der Waals surface area contributed by atoms with Crippen LogP contribution < -0.4 is 16.6 Å². The van der Waals surface area contributed by atoms with Gasteiger partial charge < -0.3 is 10.7 Å². The van der Waals surface area contributed by atoms with Crippen LogP contribution in [0, 0.1) is 13.8 Å². The van der Waals surface area contributed by atoms with Gasteiger partial charge in [0.2, 0.25) is 0 Å². The Morgan fingerprint density at radius 2 is 1.90 bits per heavy atom. The number of aromatic nitrogens is 2. The monoisotopic (exact) mass is 305 g/mol. The largest absolute Gasteiger partial charge is 0.340 e. The summed E-state index contributed by atoms with van der Waals surface area (Å²) in [7, 11) is 0. The molecule has 0 saturated carbocycles. The maximum atomic E-state index is 6.06. The summed E-state index contributed by atoms with van der Waals surface area (Å²) in [6.45, 7) is 6.03. The molecule has 21 heavy (non-hydrogen) atoms. The first kappa shape index (κ1) is 15.5. The van der Waals surface area contributed by atoms with Crippen LogP contribution in [0.5, 0.6) is 0 Å². The summed E-state index contributed by atoms with van der Waals surface area (Å²) >= 11 is 6.06. The van der Waals surface area contributed by atoms with Crippen molar-refractivity contribution in [2.24, 2.45) is 5.84 Å². The first-order valence-corrected chi connectivity index (χ1v) is 7.30. The average molecular weight is 306 g/mol. The lowest BCUT2D eigenvalue weighted by Gasteiger charge is -2.15. The molecule has 6 heteroatoms. The van der Waals surface area contributed by atoms with Gasteiger partial charge in [-0.3, -0.25) is 0 Å². The molecule has 0 spiro atoms. The second kappa shape index (κ2) is 6.74.